The molecule has 1 aromatic heterocycles. The van der Waals surface area contributed by atoms with Crippen molar-refractivity contribution < 1.29 is 9.53 Å². The van der Waals surface area contributed by atoms with Crippen molar-refractivity contribution in [2.24, 2.45) is 0 Å². The molecule has 2 N–H and O–H groups in total. The number of carbonyl (C=O) groups excluding carboxylic acids is 1. The van der Waals surface area contributed by atoms with Gasteiger partial charge in [-0.1, -0.05) is 0 Å². The third kappa shape index (κ3) is 3.42. The number of carbonyl (C=O) groups is 1. The first kappa shape index (κ1) is 12.3. The van der Waals surface area contributed by atoms with Gasteiger partial charge >= 0.3 is 6.09 Å². The molecule has 5 heteroatoms. The third-order valence-corrected chi connectivity index (χ3v) is 1.77. The summed E-state index contributed by atoms with van der Waals surface area (Å²) in [4.78, 5) is 25.8. The first-order valence-corrected chi connectivity index (χ1v) is 4.97. The highest BCUT2D eigenvalue weighted by atomic mass is 16.6. The second kappa shape index (κ2) is 4.38. The number of aryl methyl sites for hydroxylation is 1. The number of anilines is 1. The Labute approximate surface area is 93.8 Å². The van der Waals surface area contributed by atoms with Gasteiger partial charge in [0.25, 0.3) is 0 Å². The normalized spacial score (nSPS) is 11.0. The van der Waals surface area contributed by atoms with Crippen molar-refractivity contribution in [2.75, 3.05) is 5.32 Å². The highest BCUT2D eigenvalue weighted by molar-refractivity contribution is 5.84. The van der Waals surface area contributed by atoms with Crippen LogP contribution in [0.4, 0.5) is 10.5 Å². The predicted molar refractivity (Wildman–Crippen MR) is 61.7 cm³/mol. The van der Waals surface area contributed by atoms with E-state index in [2.05, 4.69) is 10.3 Å². The van der Waals surface area contributed by atoms with Crippen LogP contribution in [0.5, 0.6) is 0 Å². The molecule has 0 aliphatic rings. The average Bonchev–Trinajstić information content (AvgIpc) is 2.09. The number of hydrogen-bond donors (Lipinski definition) is 2. The number of nitrogens with one attached hydrogen (secondary N) is 2. The second-order valence-electron chi connectivity index (χ2n) is 4.51. The first-order valence-electron chi connectivity index (χ1n) is 4.97. The predicted octanol–water partition coefficient (Wildman–Crippen LogP) is 2.03. The lowest BCUT2D eigenvalue weighted by Gasteiger charge is -2.19. The maximum absolute atomic E-state index is 11.6. The maximum Gasteiger partial charge on any atom is 0.412 e. The summed E-state index contributed by atoms with van der Waals surface area (Å²) in [6, 6.07) is 0. The van der Waals surface area contributed by atoms with Gasteiger partial charge in [-0.05, 0) is 27.7 Å². The minimum Gasteiger partial charge on any atom is -0.444 e. The molecule has 0 spiro atoms. The Bertz CT molecular complexity index is 443. The number of hydrogen-bond acceptors (Lipinski definition) is 3. The van der Waals surface area contributed by atoms with Crippen LogP contribution >= 0.6 is 0 Å². The van der Waals surface area contributed by atoms with Crippen LogP contribution in [0.25, 0.3) is 0 Å². The fourth-order valence-electron chi connectivity index (χ4n) is 1.10. The minimum absolute atomic E-state index is 0.189. The van der Waals surface area contributed by atoms with Crippen molar-refractivity contribution in [2.45, 2.75) is 33.3 Å². The summed E-state index contributed by atoms with van der Waals surface area (Å²) in [6.07, 6.45) is 2.37. The van der Waals surface area contributed by atoms with Gasteiger partial charge in [-0.15, -0.1) is 0 Å². The number of H-pyrrole nitrogens is 1. The van der Waals surface area contributed by atoms with Crippen LogP contribution in [-0.4, -0.2) is 16.7 Å². The van der Waals surface area contributed by atoms with Crippen LogP contribution in [0.3, 0.4) is 0 Å². The number of ether oxygens (including phenoxy) is 1. The van der Waals surface area contributed by atoms with E-state index in [4.69, 9.17) is 4.74 Å². The van der Waals surface area contributed by atoms with Gasteiger partial charge in [0.15, 0.2) is 0 Å². The monoisotopic (exact) mass is 224 g/mol. The van der Waals surface area contributed by atoms with E-state index < -0.39 is 11.7 Å². The summed E-state index contributed by atoms with van der Waals surface area (Å²) in [5.74, 6) is 0. The summed E-state index contributed by atoms with van der Waals surface area (Å²) in [5.41, 5.74) is -0.0758. The van der Waals surface area contributed by atoms with E-state index in [-0.39, 0.29) is 11.1 Å². The topological polar surface area (TPSA) is 71.2 Å². The van der Waals surface area contributed by atoms with E-state index in [0.29, 0.717) is 5.56 Å². The van der Waals surface area contributed by atoms with Gasteiger partial charge in [0.2, 0.25) is 5.43 Å². The van der Waals surface area contributed by atoms with Crippen molar-refractivity contribution in [3.63, 3.8) is 0 Å². The number of pyridine rings is 1. The molecule has 1 rings (SSSR count). The SMILES string of the molecule is Cc1c[nH]cc(NC(=O)OC(C)(C)C)c1=O. The van der Waals surface area contributed by atoms with Gasteiger partial charge in [-0.3, -0.25) is 10.1 Å². The molecule has 0 bridgehead atoms. The molecule has 0 aromatic carbocycles. The Kier molecular flexibility index (Phi) is 3.37. The largest absolute Gasteiger partial charge is 0.444 e. The van der Waals surface area contributed by atoms with Gasteiger partial charge in [0, 0.05) is 18.0 Å². The van der Waals surface area contributed by atoms with Crippen molar-refractivity contribution in [3.05, 3.63) is 28.2 Å². The van der Waals surface area contributed by atoms with E-state index in [1.54, 1.807) is 33.9 Å². The highest BCUT2D eigenvalue weighted by Crippen LogP contribution is 2.08. The van der Waals surface area contributed by atoms with Crippen molar-refractivity contribution in [3.8, 4) is 0 Å². The van der Waals surface area contributed by atoms with Crippen molar-refractivity contribution in [1.82, 2.24) is 4.98 Å². The fourth-order valence-corrected chi connectivity index (χ4v) is 1.10. The maximum atomic E-state index is 11.6. The Morgan fingerprint density at radius 3 is 2.56 bits per heavy atom. The quantitative estimate of drug-likeness (QED) is 0.766. The molecule has 88 valence electrons. The Morgan fingerprint density at radius 2 is 2.00 bits per heavy atom. The Morgan fingerprint density at radius 1 is 1.38 bits per heavy atom. The van der Waals surface area contributed by atoms with E-state index >= 15 is 0 Å². The van der Waals surface area contributed by atoms with Gasteiger partial charge in [-0.2, -0.15) is 0 Å². The average molecular weight is 224 g/mol. The van der Waals surface area contributed by atoms with Gasteiger partial charge < -0.3 is 9.72 Å². The zero-order valence-corrected chi connectivity index (χ0v) is 9.88. The molecule has 0 saturated heterocycles. The smallest absolute Gasteiger partial charge is 0.412 e. The molecule has 0 unspecified atom stereocenters. The molecule has 0 radical (unpaired) electrons. The number of aromatic nitrogens is 1. The lowest BCUT2D eigenvalue weighted by atomic mass is 10.2. The summed E-state index contributed by atoms with van der Waals surface area (Å²) in [7, 11) is 0. The molecule has 0 aliphatic carbocycles. The van der Waals surface area contributed by atoms with Crippen LogP contribution in [0.2, 0.25) is 0 Å². The summed E-state index contributed by atoms with van der Waals surface area (Å²) < 4.78 is 5.03. The minimum atomic E-state index is -0.636. The van der Waals surface area contributed by atoms with Crippen molar-refractivity contribution >= 4 is 11.8 Å². The molecule has 1 amide bonds. The van der Waals surface area contributed by atoms with Gasteiger partial charge in [0.05, 0.1) is 0 Å². The second-order valence-corrected chi connectivity index (χ2v) is 4.51. The summed E-state index contributed by atoms with van der Waals surface area (Å²) in [5, 5.41) is 2.40. The number of rotatable bonds is 1. The number of amides is 1. The lowest BCUT2D eigenvalue weighted by molar-refractivity contribution is 0.0635. The van der Waals surface area contributed by atoms with Crippen LogP contribution in [-0.2, 0) is 4.74 Å². The van der Waals surface area contributed by atoms with Crippen LogP contribution in [0, 0.1) is 6.92 Å². The molecule has 5 nitrogen and oxygen atoms in total. The molecule has 1 aromatic rings. The molecular formula is C11H16N2O3. The van der Waals surface area contributed by atoms with Gasteiger partial charge in [-0.25, -0.2) is 4.79 Å². The molecule has 0 saturated carbocycles. The molecule has 16 heavy (non-hydrogen) atoms. The van der Waals surface area contributed by atoms with E-state index in [9.17, 15) is 9.59 Å². The van der Waals surface area contributed by atoms with E-state index in [1.807, 2.05) is 0 Å². The van der Waals surface area contributed by atoms with Gasteiger partial charge in [0.1, 0.15) is 11.3 Å². The van der Waals surface area contributed by atoms with Crippen LogP contribution < -0.4 is 10.7 Å². The molecule has 0 aliphatic heterocycles. The summed E-state index contributed by atoms with van der Waals surface area (Å²) in [6.45, 7) is 6.94. The Balaban J connectivity index is 2.78. The zero-order valence-electron chi connectivity index (χ0n) is 9.88. The Hall–Kier alpha value is -1.78. The van der Waals surface area contributed by atoms with E-state index in [1.165, 1.54) is 6.20 Å². The van der Waals surface area contributed by atoms with E-state index in [0.717, 1.165) is 0 Å². The summed E-state index contributed by atoms with van der Waals surface area (Å²) >= 11 is 0. The first-order chi connectivity index (χ1) is 7.29. The molecular weight excluding hydrogens is 208 g/mol. The van der Waals surface area contributed by atoms with Crippen LogP contribution in [0.15, 0.2) is 17.2 Å². The van der Waals surface area contributed by atoms with Crippen molar-refractivity contribution in [1.29, 1.82) is 0 Å². The highest BCUT2D eigenvalue weighted by Gasteiger charge is 2.17. The fraction of sp³-hybridized carbons (Fsp3) is 0.455. The zero-order chi connectivity index (χ0) is 12.3. The lowest BCUT2D eigenvalue weighted by Crippen LogP contribution is -2.29. The standard InChI is InChI=1S/C11H16N2O3/c1-7-5-12-6-8(9(7)14)13-10(15)16-11(2,3)4/h5-6H,1-4H3,(H,12,14)(H,13,15). The number of aromatic amines is 1. The third-order valence-electron chi connectivity index (χ3n) is 1.77. The molecule has 1 heterocycles. The van der Waals surface area contributed by atoms with Crippen LogP contribution in [0.1, 0.15) is 26.3 Å². The molecule has 0 atom stereocenters. The molecule has 0 fully saturated rings.